The van der Waals surface area contributed by atoms with Crippen LogP contribution in [-0.4, -0.2) is 91.2 Å². The third-order valence-corrected chi connectivity index (χ3v) is 14.0. The van der Waals surface area contributed by atoms with Gasteiger partial charge < -0.3 is 34.3 Å². The maximum absolute atomic E-state index is 14.3. The lowest BCUT2D eigenvalue weighted by Gasteiger charge is -2.35. The molecule has 13 heteroatoms. The Morgan fingerprint density at radius 1 is 0.929 bits per heavy atom. The van der Waals surface area contributed by atoms with Gasteiger partial charge in [0, 0.05) is 50.2 Å². The lowest BCUT2D eigenvalue weighted by Crippen LogP contribution is -2.44. The van der Waals surface area contributed by atoms with Gasteiger partial charge in [-0.15, -0.1) is 5.10 Å². The molecule has 2 heterocycles. The molecule has 0 saturated carbocycles. The molecule has 0 radical (unpaired) electrons. The predicted molar refractivity (Wildman–Crippen MR) is 223 cm³/mol. The van der Waals surface area contributed by atoms with Crippen molar-refractivity contribution in [3.63, 3.8) is 0 Å². The molecule has 0 aliphatic carbocycles. The van der Waals surface area contributed by atoms with Crippen LogP contribution in [0.1, 0.15) is 109 Å². The van der Waals surface area contributed by atoms with E-state index in [9.17, 15) is 19.8 Å². The van der Waals surface area contributed by atoms with Crippen molar-refractivity contribution in [3.8, 4) is 22.5 Å². The minimum atomic E-state index is -2.40. The van der Waals surface area contributed by atoms with Crippen LogP contribution in [0.2, 0.25) is 13.1 Å². The number of hydrogen-bond acceptors (Lipinski definition) is 9. The number of aliphatic hydroxyl groups excluding tert-OH is 2. The number of methoxy groups -OCH3 is 2. The number of benzene rings is 2. The summed E-state index contributed by atoms with van der Waals surface area (Å²) in [5, 5.41) is 32.9. The summed E-state index contributed by atoms with van der Waals surface area (Å²) in [7, 11) is 0.581. The number of aromatic nitrogens is 3. The summed E-state index contributed by atoms with van der Waals surface area (Å²) in [5.74, 6) is -1.20. The summed E-state index contributed by atoms with van der Waals surface area (Å²) in [6, 6.07) is 15.9. The van der Waals surface area contributed by atoms with Crippen molar-refractivity contribution < 1.29 is 33.7 Å². The summed E-state index contributed by atoms with van der Waals surface area (Å²) in [5.41, 5.74) is 5.07. The molecule has 310 valence electrons. The van der Waals surface area contributed by atoms with E-state index in [1.807, 2.05) is 48.5 Å². The number of nitrogens with one attached hydrogen (secondary N) is 1. The number of hydrogen-bond donors (Lipinski definition) is 3. The Bertz CT molecular complexity index is 1660. The number of para-hydroxylation sites is 1. The summed E-state index contributed by atoms with van der Waals surface area (Å²) in [6.07, 6.45) is 9.15. The third-order valence-electron chi connectivity index (χ3n) is 10.8. The van der Waals surface area contributed by atoms with Crippen molar-refractivity contribution in [2.45, 2.75) is 142 Å². The molecule has 56 heavy (non-hydrogen) atoms. The fourth-order valence-electron chi connectivity index (χ4n) is 7.94. The number of amides is 2. The van der Waals surface area contributed by atoms with E-state index in [1.165, 1.54) is 52.7 Å². The smallest absolute Gasteiger partial charge is 0.227 e. The molecule has 2 amide bonds. The highest BCUT2D eigenvalue weighted by Crippen LogP contribution is 2.44. The predicted octanol–water partition coefficient (Wildman–Crippen LogP) is 7.57. The zero-order chi connectivity index (χ0) is 40.7. The average molecular weight is 794 g/mol. The van der Waals surface area contributed by atoms with Gasteiger partial charge in [-0.05, 0) is 51.4 Å². The SMILES string of the molecule is CCCCCCCCCCC(n1nnc2c1-c1ccccc1N(C(=O)CCC(=O)N[C@H](O)[C@@H](COC)C[C@@H](CO)OC)Cc1ccccc1-2)[Si](C)(C)OC(C)C. The molecular weight excluding hydrogens is 727 g/mol. The topological polar surface area (TPSA) is 148 Å². The molecule has 1 aliphatic rings. The number of carbonyl (C=O) groups excluding carboxylic acids is 2. The second kappa shape index (κ2) is 22.5. The van der Waals surface area contributed by atoms with Gasteiger partial charge in [-0.2, -0.15) is 0 Å². The Balaban J connectivity index is 1.64. The lowest BCUT2D eigenvalue weighted by atomic mass is 9.95. The number of fused-ring (bicyclic) bond motifs is 5. The van der Waals surface area contributed by atoms with Crippen molar-refractivity contribution in [2.75, 3.05) is 32.3 Å². The van der Waals surface area contributed by atoms with Gasteiger partial charge in [-0.1, -0.05) is 106 Å². The maximum atomic E-state index is 14.3. The van der Waals surface area contributed by atoms with E-state index < -0.39 is 32.5 Å². The molecule has 1 unspecified atom stereocenters. The minimum Gasteiger partial charge on any atom is -0.413 e. The molecule has 1 aromatic heterocycles. The van der Waals surface area contributed by atoms with Crippen LogP contribution in [0.5, 0.6) is 0 Å². The number of rotatable bonds is 24. The zero-order valence-electron chi connectivity index (χ0n) is 34.8. The van der Waals surface area contributed by atoms with Crippen LogP contribution in [0.25, 0.3) is 22.5 Å². The van der Waals surface area contributed by atoms with Crippen molar-refractivity contribution in [1.82, 2.24) is 20.3 Å². The lowest BCUT2D eigenvalue weighted by molar-refractivity contribution is -0.129. The standard InChI is InChI=1S/C43H67N5O7Si/c1-8-9-10-11-12-13-14-15-24-40(56(6,7)55-31(2)3)48-42-36-22-18-19-23-37(36)47(28-32-20-16-17-21-35(32)41(42)45-46-48)39(51)26-25-38(50)44-43(52)33(30-53-4)27-34(29-49)54-5/h16-23,31,33-34,40,43,49,52H,8-15,24-30H2,1-7H3,(H,44,50)/t33-,34+,40?,43-/m1/s1. The van der Waals surface area contributed by atoms with Crippen LogP contribution >= 0.6 is 0 Å². The summed E-state index contributed by atoms with van der Waals surface area (Å²) >= 11 is 0. The van der Waals surface area contributed by atoms with Gasteiger partial charge in [-0.3, -0.25) is 9.59 Å². The second-order valence-corrected chi connectivity index (χ2v) is 20.0. The quantitative estimate of drug-likeness (QED) is 0.0475. The Hall–Kier alpha value is -3.46. The normalized spacial score (nSPS) is 14.9. The third kappa shape index (κ3) is 12.3. The highest BCUT2D eigenvalue weighted by Gasteiger charge is 2.40. The Morgan fingerprint density at radius 3 is 2.25 bits per heavy atom. The Labute approximate surface area is 335 Å². The summed E-state index contributed by atoms with van der Waals surface area (Å²) < 4.78 is 19.4. The Morgan fingerprint density at radius 2 is 1.59 bits per heavy atom. The Kier molecular flexibility index (Phi) is 18.2. The monoisotopic (exact) mass is 793 g/mol. The molecule has 3 N–H and O–H groups in total. The van der Waals surface area contributed by atoms with Gasteiger partial charge in [0.2, 0.25) is 20.1 Å². The minimum absolute atomic E-state index is 0.00126. The second-order valence-electron chi connectivity index (χ2n) is 15.9. The fraction of sp³-hybridized carbons (Fsp3) is 0.628. The van der Waals surface area contributed by atoms with Crippen LogP contribution in [-0.2, 0) is 30.0 Å². The van der Waals surface area contributed by atoms with Gasteiger partial charge >= 0.3 is 0 Å². The van der Waals surface area contributed by atoms with Gasteiger partial charge in [0.25, 0.3) is 0 Å². The molecule has 0 saturated heterocycles. The van der Waals surface area contributed by atoms with Crippen molar-refractivity contribution in [1.29, 1.82) is 0 Å². The molecule has 3 aromatic rings. The largest absolute Gasteiger partial charge is 0.413 e. The van der Waals surface area contributed by atoms with Crippen molar-refractivity contribution in [3.05, 3.63) is 54.1 Å². The average Bonchev–Trinajstić information content (AvgIpc) is 3.59. The van der Waals surface area contributed by atoms with Crippen LogP contribution < -0.4 is 10.2 Å². The summed E-state index contributed by atoms with van der Waals surface area (Å²) in [6.45, 7) is 11.2. The van der Waals surface area contributed by atoms with E-state index in [2.05, 4.69) is 43.9 Å². The van der Waals surface area contributed by atoms with Gasteiger partial charge in [-0.25, -0.2) is 4.68 Å². The highest BCUT2D eigenvalue weighted by molar-refractivity contribution is 6.72. The molecule has 1 aliphatic heterocycles. The van der Waals surface area contributed by atoms with E-state index in [0.29, 0.717) is 0 Å². The van der Waals surface area contributed by atoms with Crippen molar-refractivity contribution >= 4 is 25.8 Å². The molecule has 0 spiro atoms. The van der Waals surface area contributed by atoms with Crippen LogP contribution in [0.3, 0.4) is 0 Å². The number of aliphatic hydroxyl groups is 2. The van der Waals surface area contributed by atoms with Crippen LogP contribution in [0, 0.1) is 5.92 Å². The first kappa shape index (κ1) is 45.2. The first-order valence-electron chi connectivity index (χ1n) is 20.7. The molecule has 4 rings (SSSR count). The van der Waals surface area contributed by atoms with E-state index in [0.717, 1.165) is 53.0 Å². The number of ether oxygens (including phenoxy) is 2. The van der Waals surface area contributed by atoms with Gasteiger partial charge in [0.15, 0.2) is 0 Å². The van der Waals surface area contributed by atoms with Gasteiger partial charge in [0.1, 0.15) is 11.9 Å². The molecular formula is C43H67N5O7Si. The fourth-order valence-corrected chi connectivity index (χ4v) is 11.0. The summed E-state index contributed by atoms with van der Waals surface area (Å²) in [4.78, 5) is 29.2. The molecule has 12 nitrogen and oxygen atoms in total. The number of nitrogens with zero attached hydrogens (tertiary/aromatic N) is 4. The molecule has 0 fully saturated rings. The van der Waals surface area contributed by atoms with E-state index in [-0.39, 0.29) is 56.7 Å². The van der Waals surface area contributed by atoms with Crippen LogP contribution in [0.15, 0.2) is 48.5 Å². The highest BCUT2D eigenvalue weighted by atomic mass is 28.4. The number of anilines is 1. The number of unbranched alkanes of at least 4 members (excludes halogenated alkanes) is 7. The molecule has 4 atom stereocenters. The number of carbonyl (C=O) groups is 2. The molecule has 0 bridgehead atoms. The zero-order valence-corrected chi connectivity index (χ0v) is 35.8. The maximum Gasteiger partial charge on any atom is 0.227 e. The van der Waals surface area contributed by atoms with E-state index >= 15 is 0 Å². The first-order valence-corrected chi connectivity index (χ1v) is 23.6. The van der Waals surface area contributed by atoms with Crippen molar-refractivity contribution in [2.24, 2.45) is 5.92 Å². The van der Waals surface area contributed by atoms with E-state index in [4.69, 9.17) is 24.2 Å². The van der Waals surface area contributed by atoms with Crippen LogP contribution in [0.4, 0.5) is 5.69 Å². The van der Waals surface area contributed by atoms with E-state index in [1.54, 1.807) is 4.90 Å². The molecule has 2 aromatic carbocycles. The van der Waals surface area contributed by atoms with Gasteiger partial charge in [0.05, 0.1) is 42.9 Å². The first-order chi connectivity index (χ1) is 26.9.